The fourth-order valence-corrected chi connectivity index (χ4v) is 1.41. The molecule has 0 aromatic heterocycles. The summed E-state index contributed by atoms with van der Waals surface area (Å²) in [6.45, 7) is -0.437. The van der Waals surface area contributed by atoms with Gasteiger partial charge in [-0.3, -0.25) is 0 Å². The Morgan fingerprint density at radius 2 is 2.11 bits per heavy atom. The number of rotatable bonds is 6. The lowest BCUT2D eigenvalue weighted by Gasteiger charge is -2.12. The van der Waals surface area contributed by atoms with Gasteiger partial charge in [0, 0.05) is 18.7 Å². The third-order valence-electron chi connectivity index (χ3n) is 2.42. The Morgan fingerprint density at radius 1 is 1.42 bits per heavy atom. The number of halogens is 3. The predicted octanol–water partition coefficient (Wildman–Crippen LogP) is 0.636. The van der Waals surface area contributed by atoms with E-state index in [1.807, 2.05) is 0 Å². The van der Waals surface area contributed by atoms with E-state index in [1.54, 1.807) is 0 Å². The molecule has 0 aliphatic rings. The van der Waals surface area contributed by atoms with E-state index in [0.717, 1.165) is 0 Å². The SMILES string of the molecule is N/C(=N/O)c1cccc(CNCC(O)C(F)F)c1F. The van der Waals surface area contributed by atoms with E-state index in [-0.39, 0.29) is 30.1 Å². The standard InChI is InChI=1S/C11H14F3N3O2/c12-9-6(4-16-5-8(18)10(13)14)2-1-3-7(9)11(15)17-19/h1-3,8,10,16,18-19H,4-5H2,(H2,15,17). The number of alkyl halides is 2. The molecule has 0 saturated carbocycles. The average molecular weight is 277 g/mol. The molecule has 0 fully saturated rings. The van der Waals surface area contributed by atoms with Crippen LogP contribution in [0.15, 0.2) is 23.4 Å². The molecule has 0 radical (unpaired) electrons. The zero-order valence-electron chi connectivity index (χ0n) is 9.85. The Labute approximate surface area is 107 Å². The lowest BCUT2D eigenvalue weighted by Crippen LogP contribution is -2.32. The monoisotopic (exact) mass is 277 g/mol. The van der Waals surface area contributed by atoms with E-state index in [2.05, 4.69) is 10.5 Å². The first-order valence-electron chi connectivity index (χ1n) is 5.39. The van der Waals surface area contributed by atoms with Gasteiger partial charge in [0.05, 0.1) is 5.56 Å². The number of nitrogens with one attached hydrogen (secondary N) is 1. The lowest BCUT2D eigenvalue weighted by atomic mass is 10.1. The van der Waals surface area contributed by atoms with E-state index >= 15 is 0 Å². The molecule has 1 rings (SSSR count). The third kappa shape index (κ3) is 4.11. The molecule has 19 heavy (non-hydrogen) atoms. The van der Waals surface area contributed by atoms with Crippen molar-refractivity contribution < 1.29 is 23.5 Å². The lowest BCUT2D eigenvalue weighted by molar-refractivity contribution is -0.00343. The molecule has 0 heterocycles. The van der Waals surface area contributed by atoms with Gasteiger partial charge in [0.15, 0.2) is 5.84 Å². The van der Waals surface area contributed by atoms with Crippen LogP contribution in [0.4, 0.5) is 13.2 Å². The molecule has 0 spiro atoms. The van der Waals surface area contributed by atoms with Gasteiger partial charge < -0.3 is 21.4 Å². The van der Waals surface area contributed by atoms with Crippen LogP contribution in [0.2, 0.25) is 0 Å². The summed E-state index contributed by atoms with van der Waals surface area (Å²) in [4.78, 5) is 0. The van der Waals surface area contributed by atoms with Gasteiger partial charge in [-0.05, 0) is 6.07 Å². The average Bonchev–Trinajstić information content (AvgIpc) is 2.39. The molecule has 106 valence electrons. The number of aliphatic hydroxyl groups excluding tert-OH is 1. The van der Waals surface area contributed by atoms with Crippen molar-refractivity contribution in [2.75, 3.05) is 6.54 Å². The smallest absolute Gasteiger partial charge is 0.265 e. The minimum absolute atomic E-state index is 0.0673. The maximum Gasteiger partial charge on any atom is 0.265 e. The zero-order chi connectivity index (χ0) is 14.4. The number of hydrogen-bond acceptors (Lipinski definition) is 4. The molecule has 0 bridgehead atoms. The van der Waals surface area contributed by atoms with E-state index in [1.165, 1.54) is 18.2 Å². The highest BCUT2D eigenvalue weighted by atomic mass is 19.3. The number of aliphatic hydroxyl groups is 1. The fraction of sp³-hybridized carbons (Fsp3) is 0.364. The zero-order valence-corrected chi connectivity index (χ0v) is 9.85. The van der Waals surface area contributed by atoms with Gasteiger partial charge in [0.1, 0.15) is 11.9 Å². The molecule has 0 aliphatic heterocycles. The molecule has 0 saturated heterocycles. The van der Waals surface area contributed by atoms with Crippen LogP contribution in [0.25, 0.3) is 0 Å². The highest BCUT2D eigenvalue weighted by molar-refractivity contribution is 5.97. The van der Waals surface area contributed by atoms with Crippen LogP contribution in [0.5, 0.6) is 0 Å². The summed E-state index contributed by atoms with van der Waals surface area (Å²) in [5, 5.41) is 22.5. The number of hydrogen-bond donors (Lipinski definition) is 4. The van der Waals surface area contributed by atoms with Crippen molar-refractivity contribution in [1.82, 2.24) is 5.32 Å². The van der Waals surface area contributed by atoms with Crippen LogP contribution >= 0.6 is 0 Å². The second-order valence-electron chi connectivity index (χ2n) is 3.80. The van der Waals surface area contributed by atoms with Crippen molar-refractivity contribution >= 4 is 5.84 Å². The largest absolute Gasteiger partial charge is 0.409 e. The molecule has 1 aromatic carbocycles. The quantitative estimate of drug-likeness (QED) is 0.266. The first-order chi connectivity index (χ1) is 8.97. The number of nitrogens with two attached hydrogens (primary N) is 1. The molecular weight excluding hydrogens is 263 g/mol. The van der Waals surface area contributed by atoms with Gasteiger partial charge in [-0.15, -0.1) is 0 Å². The van der Waals surface area contributed by atoms with Gasteiger partial charge in [0.2, 0.25) is 0 Å². The first-order valence-corrected chi connectivity index (χ1v) is 5.39. The maximum atomic E-state index is 13.9. The predicted molar refractivity (Wildman–Crippen MR) is 62.6 cm³/mol. The molecule has 0 amide bonds. The minimum atomic E-state index is -2.86. The summed E-state index contributed by atoms with van der Waals surface area (Å²) >= 11 is 0. The first kappa shape index (κ1) is 15.3. The molecule has 1 aromatic rings. The Balaban J connectivity index is 2.70. The Hall–Kier alpha value is -1.80. The van der Waals surface area contributed by atoms with Crippen molar-refractivity contribution in [3.63, 3.8) is 0 Å². The van der Waals surface area contributed by atoms with Crippen LogP contribution in [-0.4, -0.2) is 35.2 Å². The van der Waals surface area contributed by atoms with Crippen LogP contribution in [0.1, 0.15) is 11.1 Å². The summed E-state index contributed by atoms with van der Waals surface area (Å²) < 4.78 is 37.9. The molecule has 0 aliphatic carbocycles. The Kier molecular flexibility index (Phi) is 5.58. The van der Waals surface area contributed by atoms with Gasteiger partial charge in [-0.2, -0.15) is 0 Å². The number of benzene rings is 1. The van der Waals surface area contributed by atoms with Crippen LogP contribution in [-0.2, 0) is 6.54 Å². The summed E-state index contributed by atoms with van der Waals surface area (Å²) in [5.41, 5.74) is 5.35. The molecular formula is C11H14F3N3O2. The van der Waals surface area contributed by atoms with E-state index in [0.29, 0.717) is 0 Å². The summed E-state index contributed by atoms with van der Waals surface area (Å²) in [5.74, 6) is -1.09. The summed E-state index contributed by atoms with van der Waals surface area (Å²) in [6.07, 6.45) is -4.67. The molecule has 5 nitrogen and oxygen atoms in total. The second-order valence-corrected chi connectivity index (χ2v) is 3.80. The highest BCUT2D eigenvalue weighted by Crippen LogP contribution is 2.12. The molecule has 5 N–H and O–H groups in total. The van der Waals surface area contributed by atoms with Gasteiger partial charge in [-0.25, -0.2) is 13.2 Å². The topological polar surface area (TPSA) is 90.9 Å². The highest BCUT2D eigenvalue weighted by Gasteiger charge is 2.16. The van der Waals surface area contributed by atoms with Crippen molar-refractivity contribution in [2.45, 2.75) is 19.1 Å². The summed E-state index contributed by atoms with van der Waals surface area (Å²) in [7, 11) is 0. The van der Waals surface area contributed by atoms with Gasteiger partial charge in [0.25, 0.3) is 6.43 Å². The molecule has 8 heteroatoms. The second kappa shape index (κ2) is 6.95. The van der Waals surface area contributed by atoms with Crippen LogP contribution < -0.4 is 11.1 Å². The van der Waals surface area contributed by atoms with Crippen molar-refractivity contribution in [3.8, 4) is 0 Å². The maximum absolute atomic E-state index is 13.9. The van der Waals surface area contributed by atoms with Crippen LogP contribution in [0, 0.1) is 5.82 Å². The number of amidine groups is 1. The molecule has 1 atom stereocenters. The van der Waals surface area contributed by atoms with Gasteiger partial charge >= 0.3 is 0 Å². The third-order valence-corrected chi connectivity index (χ3v) is 2.42. The number of oxime groups is 1. The van der Waals surface area contributed by atoms with Crippen molar-refractivity contribution in [1.29, 1.82) is 0 Å². The van der Waals surface area contributed by atoms with Crippen molar-refractivity contribution in [3.05, 3.63) is 35.1 Å². The molecule has 1 unspecified atom stereocenters. The fourth-order valence-electron chi connectivity index (χ4n) is 1.41. The number of nitrogens with zero attached hydrogens (tertiary/aromatic N) is 1. The van der Waals surface area contributed by atoms with E-state index in [9.17, 15) is 13.2 Å². The summed E-state index contributed by atoms with van der Waals surface area (Å²) in [6, 6.07) is 4.23. The Bertz CT molecular complexity index is 455. The van der Waals surface area contributed by atoms with E-state index in [4.69, 9.17) is 16.0 Å². The minimum Gasteiger partial charge on any atom is -0.409 e. The van der Waals surface area contributed by atoms with E-state index < -0.39 is 18.3 Å². The van der Waals surface area contributed by atoms with Gasteiger partial charge in [-0.1, -0.05) is 17.3 Å². The van der Waals surface area contributed by atoms with Crippen molar-refractivity contribution in [2.24, 2.45) is 10.9 Å². The van der Waals surface area contributed by atoms with Crippen LogP contribution in [0.3, 0.4) is 0 Å². The normalized spacial score (nSPS) is 13.8. The Morgan fingerprint density at radius 3 is 2.68 bits per heavy atom.